The molecule has 0 aromatic heterocycles. The van der Waals surface area contributed by atoms with Gasteiger partial charge in [0.2, 0.25) is 0 Å². The van der Waals surface area contributed by atoms with Gasteiger partial charge in [-0.2, -0.15) is 13.2 Å². The molecule has 0 atom stereocenters. The molecule has 88 valence electrons. The van der Waals surface area contributed by atoms with Gasteiger partial charge in [0.25, 0.3) is 0 Å². The van der Waals surface area contributed by atoms with Crippen molar-refractivity contribution in [3.63, 3.8) is 0 Å². The first-order valence-electron chi connectivity index (χ1n) is 4.13. The number of alkyl halides is 3. The van der Waals surface area contributed by atoms with Crippen molar-refractivity contribution in [1.29, 1.82) is 0 Å². The first-order valence-corrected chi connectivity index (χ1v) is 4.93. The van der Waals surface area contributed by atoms with Crippen LogP contribution in [0.25, 0.3) is 0 Å². The molecule has 0 aliphatic heterocycles. The molecule has 0 aliphatic rings. The highest BCUT2D eigenvalue weighted by molar-refractivity contribution is 9.10. The normalized spacial score (nSPS) is 11.2. The van der Waals surface area contributed by atoms with Gasteiger partial charge in [-0.1, -0.05) is 34.1 Å². The van der Waals surface area contributed by atoms with Gasteiger partial charge in [-0.25, -0.2) is 5.48 Å². The van der Waals surface area contributed by atoms with E-state index in [4.69, 9.17) is 0 Å². The van der Waals surface area contributed by atoms with Crippen LogP contribution in [0.15, 0.2) is 28.7 Å². The van der Waals surface area contributed by atoms with Crippen molar-refractivity contribution in [2.45, 2.75) is 12.8 Å². The summed E-state index contributed by atoms with van der Waals surface area (Å²) in [7, 11) is 0. The van der Waals surface area contributed by atoms with Crippen LogP contribution in [0.4, 0.5) is 13.2 Å². The first-order chi connectivity index (χ1) is 7.41. The summed E-state index contributed by atoms with van der Waals surface area (Å²) in [4.78, 5) is 14.8. The Morgan fingerprint density at radius 1 is 1.38 bits per heavy atom. The third-order valence-electron chi connectivity index (χ3n) is 1.61. The minimum absolute atomic E-state index is 0.150. The second kappa shape index (κ2) is 5.31. The molecule has 0 fully saturated rings. The molecule has 0 unspecified atom stereocenters. The number of amides is 1. The predicted molar refractivity (Wildman–Crippen MR) is 53.1 cm³/mol. The molecule has 0 saturated carbocycles. The number of carbonyl (C=O) groups is 1. The summed E-state index contributed by atoms with van der Waals surface area (Å²) in [5, 5.41) is 0. The standard InChI is InChI=1S/C9H7BrF3NO2/c10-7-4-2-1-3-6(7)5-16-14-8(15)9(11,12)13/h1-4H,5H2,(H,14,15). The van der Waals surface area contributed by atoms with Gasteiger partial charge in [0.1, 0.15) is 6.61 Å². The second-order valence-corrected chi connectivity index (χ2v) is 3.66. The molecule has 0 saturated heterocycles. The molecule has 1 rings (SSSR count). The third kappa shape index (κ3) is 3.82. The van der Waals surface area contributed by atoms with Crippen molar-refractivity contribution < 1.29 is 22.8 Å². The van der Waals surface area contributed by atoms with Gasteiger partial charge in [-0.05, 0) is 11.6 Å². The number of rotatable bonds is 3. The van der Waals surface area contributed by atoms with E-state index >= 15 is 0 Å². The van der Waals surface area contributed by atoms with E-state index in [1.54, 1.807) is 24.3 Å². The van der Waals surface area contributed by atoms with Crippen LogP contribution >= 0.6 is 15.9 Å². The van der Waals surface area contributed by atoms with Gasteiger partial charge >= 0.3 is 12.1 Å². The lowest BCUT2D eigenvalue weighted by molar-refractivity contribution is -0.186. The maximum atomic E-state index is 11.8. The van der Waals surface area contributed by atoms with Gasteiger partial charge in [0, 0.05) is 4.47 Å². The Morgan fingerprint density at radius 3 is 2.56 bits per heavy atom. The first kappa shape index (κ1) is 13.0. The van der Waals surface area contributed by atoms with Crippen LogP contribution in [0.5, 0.6) is 0 Å². The minimum atomic E-state index is -4.94. The maximum absolute atomic E-state index is 11.8. The average molecular weight is 298 g/mol. The highest BCUT2D eigenvalue weighted by Crippen LogP contribution is 2.17. The fourth-order valence-corrected chi connectivity index (χ4v) is 1.25. The van der Waals surface area contributed by atoms with Crippen molar-refractivity contribution in [1.82, 2.24) is 5.48 Å². The summed E-state index contributed by atoms with van der Waals surface area (Å²) < 4.78 is 35.9. The lowest BCUT2D eigenvalue weighted by Crippen LogP contribution is -2.36. The van der Waals surface area contributed by atoms with Crippen molar-refractivity contribution in [2.24, 2.45) is 0 Å². The number of nitrogens with one attached hydrogen (secondary N) is 1. The van der Waals surface area contributed by atoms with Gasteiger partial charge in [-0.3, -0.25) is 9.63 Å². The second-order valence-electron chi connectivity index (χ2n) is 2.81. The largest absolute Gasteiger partial charge is 0.473 e. The Morgan fingerprint density at radius 2 is 2.00 bits per heavy atom. The minimum Gasteiger partial charge on any atom is -0.269 e. The predicted octanol–water partition coefficient (Wildman–Crippen LogP) is 2.56. The lowest BCUT2D eigenvalue weighted by Gasteiger charge is -2.08. The van der Waals surface area contributed by atoms with E-state index in [-0.39, 0.29) is 6.61 Å². The number of benzene rings is 1. The van der Waals surface area contributed by atoms with Crippen molar-refractivity contribution in [2.75, 3.05) is 0 Å². The zero-order chi connectivity index (χ0) is 12.2. The molecular weight excluding hydrogens is 291 g/mol. The van der Waals surface area contributed by atoms with Crippen molar-refractivity contribution in [3.8, 4) is 0 Å². The zero-order valence-corrected chi connectivity index (χ0v) is 9.43. The number of hydrogen-bond acceptors (Lipinski definition) is 2. The van der Waals surface area contributed by atoms with Crippen LogP contribution in [-0.4, -0.2) is 12.1 Å². The molecular formula is C9H7BrF3NO2. The third-order valence-corrected chi connectivity index (χ3v) is 2.38. The molecule has 0 spiro atoms. The van der Waals surface area contributed by atoms with E-state index in [2.05, 4.69) is 20.8 Å². The summed E-state index contributed by atoms with van der Waals surface area (Å²) in [6.45, 7) is -0.150. The summed E-state index contributed by atoms with van der Waals surface area (Å²) >= 11 is 3.19. The fourth-order valence-electron chi connectivity index (χ4n) is 0.853. The molecule has 0 bridgehead atoms. The molecule has 7 heteroatoms. The van der Waals surface area contributed by atoms with Crippen LogP contribution in [-0.2, 0) is 16.2 Å². The van der Waals surface area contributed by atoms with Gasteiger partial charge < -0.3 is 0 Å². The monoisotopic (exact) mass is 297 g/mol. The van der Waals surface area contributed by atoms with E-state index in [0.717, 1.165) is 0 Å². The van der Waals surface area contributed by atoms with E-state index < -0.39 is 12.1 Å². The zero-order valence-electron chi connectivity index (χ0n) is 7.84. The summed E-state index contributed by atoms with van der Waals surface area (Å²) in [6, 6.07) is 6.82. The summed E-state index contributed by atoms with van der Waals surface area (Å²) in [5.74, 6) is -2.13. The Kier molecular flexibility index (Phi) is 4.31. The number of hydroxylamine groups is 1. The molecule has 1 aromatic rings. The van der Waals surface area contributed by atoms with Crippen molar-refractivity contribution in [3.05, 3.63) is 34.3 Å². The van der Waals surface area contributed by atoms with Crippen molar-refractivity contribution >= 4 is 21.8 Å². The van der Waals surface area contributed by atoms with E-state index in [1.165, 1.54) is 5.48 Å². The highest BCUT2D eigenvalue weighted by atomic mass is 79.9. The number of hydrogen-bond donors (Lipinski definition) is 1. The fraction of sp³-hybridized carbons (Fsp3) is 0.222. The molecule has 0 radical (unpaired) electrons. The molecule has 0 aliphatic carbocycles. The van der Waals surface area contributed by atoms with Crippen LogP contribution in [0.2, 0.25) is 0 Å². The molecule has 1 amide bonds. The Bertz CT molecular complexity index is 381. The molecule has 3 nitrogen and oxygen atoms in total. The van der Waals surface area contributed by atoms with Gasteiger partial charge in [-0.15, -0.1) is 0 Å². The Hall–Kier alpha value is -1.08. The van der Waals surface area contributed by atoms with Crippen LogP contribution in [0.1, 0.15) is 5.56 Å². The molecule has 1 aromatic carbocycles. The molecule has 1 N–H and O–H groups in total. The van der Waals surface area contributed by atoms with Crippen LogP contribution in [0, 0.1) is 0 Å². The van der Waals surface area contributed by atoms with Gasteiger partial charge in [0.05, 0.1) is 0 Å². The quantitative estimate of drug-likeness (QED) is 0.871. The molecule has 0 heterocycles. The maximum Gasteiger partial charge on any atom is 0.473 e. The lowest BCUT2D eigenvalue weighted by atomic mass is 10.2. The number of halogens is 4. The average Bonchev–Trinajstić information content (AvgIpc) is 2.19. The Labute approximate surface area is 97.7 Å². The summed E-state index contributed by atoms with van der Waals surface area (Å²) in [6.07, 6.45) is -4.94. The summed E-state index contributed by atoms with van der Waals surface area (Å²) in [5.41, 5.74) is 1.94. The number of carbonyl (C=O) groups excluding carboxylic acids is 1. The van der Waals surface area contributed by atoms with Crippen LogP contribution < -0.4 is 5.48 Å². The van der Waals surface area contributed by atoms with Gasteiger partial charge in [0.15, 0.2) is 0 Å². The van der Waals surface area contributed by atoms with Crippen LogP contribution in [0.3, 0.4) is 0 Å². The smallest absolute Gasteiger partial charge is 0.269 e. The van der Waals surface area contributed by atoms with E-state index in [1.807, 2.05) is 0 Å². The Balaban J connectivity index is 2.43. The van der Waals surface area contributed by atoms with E-state index in [9.17, 15) is 18.0 Å². The SMILES string of the molecule is O=C(NOCc1ccccc1Br)C(F)(F)F. The van der Waals surface area contributed by atoms with E-state index in [0.29, 0.717) is 10.0 Å². The molecule has 16 heavy (non-hydrogen) atoms. The highest BCUT2D eigenvalue weighted by Gasteiger charge is 2.39. The topological polar surface area (TPSA) is 38.3 Å².